The molecule has 0 atom stereocenters. The third-order valence-electron chi connectivity index (χ3n) is 2.06. The quantitative estimate of drug-likeness (QED) is 0.585. The molecule has 2 aliphatic rings. The van der Waals surface area contributed by atoms with Crippen molar-refractivity contribution in [1.29, 1.82) is 0 Å². The zero-order valence-corrected chi connectivity index (χ0v) is 6.83. The van der Waals surface area contributed by atoms with Crippen molar-refractivity contribution in [2.24, 2.45) is 0 Å². The summed E-state index contributed by atoms with van der Waals surface area (Å²) in [6.45, 7) is 0. The van der Waals surface area contributed by atoms with Gasteiger partial charge < -0.3 is 5.48 Å². The minimum atomic E-state index is 0. The van der Waals surface area contributed by atoms with Crippen LogP contribution in [0.25, 0.3) is 0 Å². The number of hydrogen-bond acceptors (Lipinski definition) is 1. The average Bonchev–Trinajstić information content (AvgIpc) is 1.87. The van der Waals surface area contributed by atoms with E-state index in [-0.39, 0.29) is 5.48 Å². The summed E-state index contributed by atoms with van der Waals surface area (Å²) in [5.41, 5.74) is 2.89. The Morgan fingerprint density at radius 2 is 1.73 bits per heavy atom. The maximum Gasteiger partial charge on any atom is 0.0597 e. The van der Waals surface area contributed by atoms with Gasteiger partial charge in [0.2, 0.25) is 0 Å². The standard InChI is InChI=1S/C9H11N.H2O/c1-10(2)9-7-4-3-5-8(9)6-7;/h3-6,9H,1-2H3;1H2. The summed E-state index contributed by atoms with van der Waals surface area (Å²) in [6, 6.07) is 9.30. The molecule has 60 valence electrons. The molecule has 2 nitrogen and oxygen atoms in total. The highest BCUT2D eigenvalue weighted by Crippen LogP contribution is 2.35. The molecule has 2 N–H and O–H groups in total. The highest BCUT2D eigenvalue weighted by molar-refractivity contribution is 5.43. The van der Waals surface area contributed by atoms with Crippen LogP contribution in [-0.4, -0.2) is 24.5 Å². The fourth-order valence-electron chi connectivity index (χ4n) is 1.59. The van der Waals surface area contributed by atoms with Gasteiger partial charge in [0.1, 0.15) is 0 Å². The van der Waals surface area contributed by atoms with Crippen molar-refractivity contribution >= 4 is 0 Å². The Morgan fingerprint density at radius 1 is 1.18 bits per heavy atom. The summed E-state index contributed by atoms with van der Waals surface area (Å²) in [5, 5.41) is 0. The molecule has 0 unspecified atom stereocenters. The molecule has 0 radical (unpaired) electrons. The highest BCUT2D eigenvalue weighted by Gasteiger charge is 2.24. The monoisotopic (exact) mass is 151 g/mol. The molecule has 2 aliphatic carbocycles. The molecule has 2 heteroatoms. The van der Waals surface area contributed by atoms with Crippen LogP contribution in [0.1, 0.15) is 17.2 Å². The van der Waals surface area contributed by atoms with E-state index in [9.17, 15) is 0 Å². The van der Waals surface area contributed by atoms with Crippen molar-refractivity contribution < 1.29 is 5.48 Å². The first-order valence-corrected chi connectivity index (χ1v) is 3.55. The molecule has 0 aliphatic heterocycles. The van der Waals surface area contributed by atoms with E-state index < -0.39 is 0 Å². The largest absolute Gasteiger partial charge is 0.412 e. The van der Waals surface area contributed by atoms with Gasteiger partial charge in [0.25, 0.3) is 0 Å². The molecule has 1 aromatic carbocycles. The Labute approximate surface area is 66.8 Å². The van der Waals surface area contributed by atoms with Crippen molar-refractivity contribution in [2.45, 2.75) is 6.04 Å². The lowest BCUT2D eigenvalue weighted by Crippen LogP contribution is -2.26. The van der Waals surface area contributed by atoms with E-state index >= 15 is 0 Å². The van der Waals surface area contributed by atoms with Crippen LogP contribution in [-0.2, 0) is 0 Å². The molecule has 3 rings (SSSR count). The van der Waals surface area contributed by atoms with Crippen LogP contribution in [0.3, 0.4) is 0 Å². The number of rotatable bonds is 1. The second-order valence-electron chi connectivity index (χ2n) is 3.04. The molecule has 0 heterocycles. The Hall–Kier alpha value is -0.860. The van der Waals surface area contributed by atoms with Gasteiger partial charge in [-0.2, -0.15) is 0 Å². The average molecular weight is 151 g/mol. The predicted molar refractivity (Wildman–Crippen MR) is 45.6 cm³/mol. The maximum absolute atomic E-state index is 2.24. The van der Waals surface area contributed by atoms with E-state index in [1.165, 1.54) is 11.1 Å². The summed E-state index contributed by atoms with van der Waals surface area (Å²) in [5.74, 6) is 0. The second kappa shape index (κ2) is 2.64. The Bertz CT molecular complexity index is 231. The van der Waals surface area contributed by atoms with E-state index in [0.717, 1.165) is 0 Å². The predicted octanol–water partition coefficient (Wildman–Crippen LogP) is 0.826. The lowest BCUT2D eigenvalue weighted by Gasteiger charge is -2.32. The molecule has 0 aromatic heterocycles. The van der Waals surface area contributed by atoms with E-state index in [0.29, 0.717) is 6.04 Å². The smallest absolute Gasteiger partial charge is 0.0597 e. The minimum absolute atomic E-state index is 0. The molecule has 1 aromatic rings. The third-order valence-corrected chi connectivity index (χ3v) is 2.06. The topological polar surface area (TPSA) is 34.7 Å². The number of benzene rings is 1. The Kier molecular flexibility index (Phi) is 1.98. The summed E-state index contributed by atoms with van der Waals surface area (Å²) in [6.07, 6.45) is 0. The molecule has 11 heavy (non-hydrogen) atoms. The SMILES string of the molecule is CN(C)C1c2cccc1c2.O. The van der Waals surface area contributed by atoms with E-state index in [4.69, 9.17) is 0 Å². The van der Waals surface area contributed by atoms with Crippen molar-refractivity contribution in [3.05, 3.63) is 35.4 Å². The van der Waals surface area contributed by atoms with Crippen molar-refractivity contribution in [2.75, 3.05) is 14.1 Å². The van der Waals surface area contributed by atoms with Gasteiger partial charge in [0.15, 0.2) is 0 Å². The van der Waals surface area contributed by atoms with Gasteiger partial charge in [-0.3, -0.25) is 4.90 Å². The van der Waals surface area contributed by atoms with Gasteiger partial charge in [0.05, 0.1) is 6.04 Å². The fourth-order valence-corrected chi connectivity index (χ4v) is 1.59. The van der Waals surface area contributed by atoms with Gasteiger partial charge in [-0.15, -0.1) is 0 Å². The Balaban J connectivity index is 0.000000605. The van der Waals surface area contributed by atoms with E-state index in [1.807, 2.05) is 0 Å². The van der Waals surface area contributed by atoms with Crippen molar-refractivity contribution in [3.63, 3.8) is 0 Å². The lowest BCUT2D eigenvalue weighted by atomic mass is 9.87. The van der Waals surface area contributed by atoms with Gasteiger partial charge >= 0.3 is 0 Å². The van der Waals surface area contributed by atoms with Crippen LogP contribution in [0.2, 0.25) is 0 Å². The number of nitrogens with zero attached hydrogens (tertiary/aromatic N) is 1. The number of fused-ring (bicyclic) bond motifs is 2. The minimum Gasteiger partial charge on any atom is -0.412 e. The van der Waals surface area contributed by atoms with Crippen LogP contribution in [0.5, 0.6) is 0 Å². The van der Waals surface area contributed by atoms with Crippen molar-refractivity contribution in [1.82, 2.24) is 4.90 Å². The van der Waals surface area contributed by atoms with Crippen molar-refractivity contribution in [3.8, 4) is 0 Å². The second-order valence-corrected chi connectivity index (χ2v) is 3.04. The summed E-state index contributed by atoms with van der Waals surface area (Å²) in [7, 11) is 4.23. The lowest BCUT2D eigenvalue weighted by molar-refractivity contribution is 0.327. The van der Waals surface area contributed by atoms with Crippen LogP contribution in [0.4, 0.5) is 0 Å². The van der Waals surface area contributed by atoms with E-state index in [2.05, 4.69) is 43.3 Å². The van der Waals surface area contributed by atoms with Gasteiger partial charge in [0, 0.05) is 0 Å². The van der Waals surface area contributed by atoms with Crippen LogP contribution in [0.15, 0.2) is 24.3 Å². The summed E-state index contributed by atoms with van der Waals surface area (Å²) in [4.78, 5) is 2.24. The first-order valence-electron chi connectivity index (χ1n) is 3.55. The normalized spacial score (nSPS) is 14.1. The molecule has 0 saturated carbocycles. The first kappa shape index (κ1) is 8.24. The molecule has 2 bridgehead atoms. The summed E-state index contributed by atoms with van der Waals surface area (Å²) >= 11 is 0. The molecule has 0 fully saturated rings. The molecular weight excluding hydrogens is 138 g/mol. The molecule has 0 spiro atoms. The molecular formula is C9H13NO. The highest BCUT2D eigenvalue weighted by atomic mass is 16.0. The van der Waals surface area contributed by atoms with Crippen LogP contribution in [0, 0.1) is 0 Å². The zero-order chi connectivity index (χ0) is 7.14. The van der Waals surface area contributed by atoms with Crippen LogP contribution < -0.4 is 0 Å². The van der Waals surface area contributed by atoms with Crippen LogP contribution >= 0.6 is 0 Å². The van der Waals surface area contributed by atoms with Gasteiger partial charge in [-0.1, -0.05) is 24.3 Å². The Morgan fingerprint density at radius 3 is 2.00 bits per heavy atom. The van der Waals surface area contributed by atoms with Gasteiger partial charge in [-0.25, -0.2) is 0 Å². The molecule has 0 amide bonds. The summed E-state index contributed by atoms with van der Waals surface area (Å²) < 4.78 is 0. The van der Waals surface area contributed by atoms with Gasteiger partial charge in [-0.05, 0) is 25.2 Å². The zero-order valence-electron chi connectivity index (χ0n) is 6.83. The number of hydrogen-bond donors (Lipinski definition) is 0. The maximum atomic E-state index is 2.24. The fraction of sp³-hybridized carbons (Fsp3) is 0.333. The first-order chi connectivity index (χ1) is 4.79. The third kappa shape index (κ3) is 1.04. The molecule has 0 saturated heterocycles. The van der Waals surface area contributed by atoms with E-state index in [1.54, 1.807) is 0 Å².